The average Bonchev–Trinajstić information content (AvgIpc) is 3.58. The van der Waals surface area contributed by atoms with E-state index < -0.39 is 0 Å². The lowest BCUT2D eigenvalue weighted by Gasteiger charge is -2.20. The van der Waals surface area contributed by atoms with Gasteiger partial charge in [0, 0.05) is 26.3 Å². The van der Waals surface area contributed by atoms with Crippen LogP contribution in [-0.4, -0.2) is 10.2 Å². The molecule has 5 aromatic rings. The van der Waals surface area contributed by atoms with E-state index in [4.69, 9.17) is 32.7 Å². The number of nitrogens with zero attached hydrogens (tertiary/aromatic N) is 1. The van der Waals surface area contributed by atoms with Gasteiger partial charge in [0.2, 0.25) is 0 Å². The molecule has 0 spiro atoms. The summed E-state index contributed by atoms with van der Waals surface area (Å²) in [5.41, 5.74) is 4.60. The van der Waals surface area contributed by atoms with Crippen molar-refractivity contribution in [3.8, 4) is 22.6 Å². The zero-order chi connectivity index (χ0) is 31.1. The summed E-state index contributed by atoms with van der Waals surface area (Å²) in [6.45, 7) is 4.39. The van der Waals surface area contributed by atoms with E-state index in [-0.39, 0.29) is 12.2 Å². The van der Waals surface area contributed by atoms with Gasteiger partial charge in [-0.3, -0.25) is 5.10 Å². The molecule has 0 fully saturated rings. The van der Waals surface area contributed by atoms with Crippen LogP contribution in [0.3, 0.4) is 0 Å². The lowest BCUT2D eigenvalue weighted by atomic mass is 10.0. The third kappa shape index (κ3) is 10.7. The van der Waals surface area contributed by atoms with Crippen LogP contribution >= 0.6 is 39.1 Å². The van der Waals surface area contributed by atoms with Gasteiger partial charge in [-0.05, 0) is 90.9 Å². The third-order valence-corrected chi connectivity index (χ3v) is 8.14. The van der Waals surface area contributed by atoms with Crippen LogP contribution in [0.5, 0.6) is 11.5 Å². The molecular formula is C37H39BrCl2N2O2. The molecule has 5 rings (SSSR count). The van der Waals surface area contributed by atoms with E-state index in [2.05, 4.69) is 88.5 Å². The molecule has 0 aliphatic carbocycles. The molecule has 0 saturated carbocycles. The fraction of sp³-hybridized carbons (Fsp3) is 0.270. The van der Waals surface area contributed by atoms with Crippen molar-refractivity contribution in [2.24, 2.45) is 0 Å². The Bertz CT molecular complexity index is 1530. The Labute approximate surface area is 279 Å². The van der Waals surface area contributed by atoms with E-state index in [9.17, 15) is 0 Å². The maximum Gasteiger partial charge on any atom is 0.124 e. The third-order valence-electron chi connectivity index (χ3n) is 7.14. The molecule has 7 heteroatoms. The minimum absolute atomic E-state index is 0.0295. The SMILES string of the molecule is CCCCC(Oc1cccc(Cl)c1)c1ccc(-c2cn[nH]c2)cc1.CCCCC(Oc1cccc(Cl)c1)c1ccc(Br)cc1. The van der Waals surface area contributed by atoms with Gasteiger partial charge in [0.05, 0.1) is 6.20 Å². The Morgan fingerprint density at radius 2 is 1.18 bits per heavy atom. The van der Waals surface area contributed by atoms with Crippen molar-refractivity contribution >= 4 is 39.1 Å². The minimum Gasteiger partial charge on any atom is -0.486 e. The molecule has 0 radical (unpaired) electrons. The molecule has 2 unspecified atom stereocenters. The maximum atomic E-state index is 6.21. The molecule has 4 aromatic carbocycles. The molecule has 1 N–H and O–H groups in total. The largest absolute Gasteiger partial charge is 0.486 e. The highest BCUT2D eigenvalue weighted by molar-refractivity contribution is 9.10. The molecule has 0 amide bonds. The van der Waals surface area contributed by atoms with Crippen molar-refractivity contribution in [3.63, 3.8) is 0 Å². The van der Waals surface area contributed by atoms with Gasteiger partial charge in [0.25, 0.3) is 0 Å². The van der Waals surface area contributed by atoms with Crippen LogP contribution in [-0.2, 0) is 0 Å². The highest BCUT2D eigenvalue weighted by Gasteiger charge is 2.15. The van der Waals surface area contributed by atoms with Crippen molar-refractivity contribution in [2.45, 2.75) is 64.6 Å². The van der Waals surface area contributed by atoms with Crippen LogP contribution in [0, 0.1) is 0 Å². The standard InChI is InChI=1S/C20H21ClN2O.C17H18BrClO/c1-2-3-7-20(24-19-6-4-5-18(21)12-19)16-10-8-15(9-11-16)17-13-22-23-14-17;1-2-3-7-17(13-8-10-14(18)11-9-13)20-16-6-4-5-15(19)12-16/h4-6,8-14,20H,2-3,7H2,1H3,(H,22,23);4-6,8-12,17H,2-3,7H2,1H3. The van der Waals surface area contributed by atoms with Gasteiger partial charge in [-0.2, -0.15) is 5.10 Å². The molecule has 0 bridgehead atoms. The summed E-state index contributed by atoms with van der Waals surface area (Å²) in [7, 11) is 0. The van der Waals surface area contributed by atoms with Crippen LogP contribution in [0.25, 0.3) is 11.1 Å². The Balaban J connectivity index is 0.000000204. The smallest absolute Gasteiger partial charge is 0.124 e. The Morgan fingerprint density at radius 3 is 1.61 bits per heavy atom. The number of ether oxygens (including phenoxy) is 2. The summed E-state index contributed by atoms with van der Waals surface area (Å²) in [5.74, 6) is 1.63. The zero-order valence-corrected chi connectivity index (χ0v) is 28.3. The Hall–Kier alpha value is -3.25. The van der Waals surface area contributed by atoms with E-state index in [1.807, 2.05) is 60.9 Å². The first-order chi connectivity index (χ1) is 21.4. The fourth-order valence-corrected chi connectivity index (χ4v) is 5.38. The quantitative estimate of drug-likeness (QED) is 0.133. The van der Waals surface area contributed by atoms with Gasteiger partial charge in [-0.25, -0.2) is 0 Å². The summed E-state index contributed by atoms with van der Waals surface area (Å²) in [5, 5.41) is 8.24. The predicted molar refractivity (Wildman–Crippen MR) is 187 cm³/mol. The van der Waals surface area contributed by atoms with Crippen molar-refractivity contribution in [2.75, 3.05) is 0 Å². The molecule has 230 valence electrons. The van der Waals surface area contributed by atoms with Gasteiger partial charge in [0.1, 0.15) is 23.7 Å². The topological polar surface area (TPSA) is 47.1 Å². The van der Waals surface area contributed by atoms with Gasteiger partial charge < -0.3 is 9.47 Å². The van der Waals surface area contributed by atoms with Crippen molar-refractivity contribution in [3.05, 3.63) is 135 Å². The first-order valence-corrected chi connectivity index (χ1v) is 16.7. The lowest BCUT2D eigenvalue weighted by molar-refractivity contribution is 0.191. The fourth-order valence-electron chi connectivity index (χ4n) is 4.75. The van der Waals surface area contributed by atoms with Crippen LogP contribution in [0.1, 0.15) is 75.7 Å². The summed E-state index contributed by atoms with van der Waals surface area (Å²) in [4.78, 5) is 0. The summed E-state index contributed by atoms with van der Waals surface area (Å²) >= 11 is 15.5. The molecule has 1 aromatic heterocycles. The lowest BCUT2D eigenvalue weighted by Crippen LogP contribution is -2.07. The van der Waals surface area contributed by atoms with Crippen molar-refractivity contribution in [1.29, 1.82) is 0 Å². The highest BCUT2D eigenvalue weighted by atomic mass is 79.9. The summed E-state index contributed by atoms with van der Waals surface area (Å²) in [6, 6.07) is 32.0. The number of aromatic amines is 1. The van der Waals surface area contributed by atoms with E-state index >= 15 is 0 Å². The number of halogens is 3. The molecule has 44 heavy (non-hydrogen) atoms. The Kier molecular flexibility index (Phi) is 13.7. The van der Waals surface area contributed by atoms with Crippen LogP contribution in [0.15, 0.2) is 114 Å². The van der Waals surface area contributed by atoms with E-state index in [0.717, 1.165) is 65.6 Å². The molecule has 0 aliphatic heterocycles. The summed E-state index contributed by atoms with van der Waals surface area (Å²) in [6.07, 6.45) is 10.4. The van der Waals surface area contributed by atoms with Crippen molar-refractivity contribution < 1.29 is 9.47 Å². The number of aromatic nitrogens is 2. The maximum absolute atomic E-state index is 6.21. The Morgan fingerprint density at radius 1 is 0.682 bits per heavy atom. The molecule has 1 heterocycles. The highest BCUT2D eigenvalue weighted by Crippen LogP contribution is 2.31. The van der Waals surface area contributed by atoms with Gasteiger partial charge >= 0.3 is 0 Å². The predicted octanol–water partition coefficient (Wildman–Crippen LogP) is 12.5. The number of rotatable bonds is 13. The number of H-pyrrole nitrogens is 1. The minimum atomic E-state index is 0.0295. The van der Waals surface area contributed by atoms with Crippen LogP contribution < -0.4 is 9.47 Å². The molecule has 0 aliphatic rings. The number of nitrogens with one attached hydrogen (secondary N) is 1. The number of benzene rings is 4. The molecule has 4 nitrogen and oxygen atoms in total. The monoisotopic (exact) mass is 692 g/mol. The van der Waals surface area contributed by atoms with Gasteiger partial charge in [-0.1, -0.05) is 114 Å². The van der Waals surface area contributed by atoms with E-state index in [0.29, 0.717) is 10.0 Å². The second-order valence-corrected chi connectivity index (χ2v) is 12.4. The van der Waals surface area contributed by atoms with Gasteiger partial charge in [-0.15, -0.1) is 0 Å². The number of hydrogen-bond acceptors (Lipinski definition) is 3. The second-order valence-electron chi connectivity index (χ2n) is 10.6. The molecule has 2 atom stereocenters. The normalized spacial score (nSPS) is 12.1. The zero-order valence-electron chi connectivity index (χ0n) is 25.2. The first-order valence-electron chi connectivity index (χ1n) is 15.1. The number of hydrogen-bond donors (Lipinski definition) is 1. The van der Waals surface area contributed by atoms with E-state index in [1.165, 1.54) is 11.1 Å². The average molecular weight is 695 g/mol. The number of unbranched alkanes of at least 4 members (excludes halogenated alkanes) is 2. The van der Waals surface area contributed by atoms with Crippen LogP contribution in [0.4, 0.5) is 0 Å². The molecular weight excluding hydrogens is 655 g/mol. The van der Waals surface area contributed by atoms with Gasteiger partial charge in [0.15, 0.2) is 0 Å². The molecule has 0 saturated heterocycles. The second kappa shape index (κ2) is 17.9. The first kappa shape index (κ1) is 33.6. The van der Waals surface area contributed by atoms with Crippen LogP contribution in [0.2, 0.25) is 10.0 Å². The van der Waals surface area contributed by atoms with E-state index in [1.54, 1.807) is 0 Å². The van der Waals surface area contributed by atoms with Crippen molar-refractivity contribution in [1.82, 2.24) is 10.2 Å². The summed E-state index contributed by atoms with van der Waals surface area (Å²) < 4.78 is 13.4.